The summed E-state index contributed by atoms with van der Waals surface area (Å²) in [5.74, 6) is -1.90. The van der Waals surface area contributed by atoms with Crippen molar-refractivity contribution in [2.75, 3.05) is 0 Å². The quantitative estimate of drug-likeness (QED) is 0.266. The second-order valence-electron chi connectivity index (χ2n) is 7.09. The predicted octanol–water partition coefficient (Wildman–Crippen LogP) is 6.82. The molecule has 2 aromatic heterocycles. The fourth-order valence-corrected chi connectivity index (χ4v) is 3.75. The van der Waals surface area contributed by atoms with Gasteiger partial charge in [-0.05, 0) is 37.6 Å². The molecule has 1 atom stereocenters. The van der Waals surface area contributed by atoms with E-state index in [0.717, 1.165) is 0 Å². The Morgan fingerprint density at radius 2 is 1.41 bits per heavy atom. The lowest BCUT2D eigenvalue weighted by Gasteiger charge is -2.20. The molecule has 0 aliphatic heterocycles. The summed E-state index contributed by atoms with van der Waals surface area (Å²) in [6.45, 7) is 22.6. The fraction of sp³-hybridized carbons (Fsp3) is 0.273. The average molecular weight is 535 g/mol. The van der Waals surface area contributed by atoms with Gasteiger partial charge in [-0.2, -0.15) is 0 Å². The van der Waals surface area contributed by atoms with Gasteiger partial charge in [-0.15, -0.1) is 0 Å². The second kappa shape index (κ2) is 18.0. The van der Waals surface area contributed by atoms with Crippen molar-refractivity contribution in [1.82, 2.24) is 0 Å². The first-order valence-corrected chi connectivity index (χ1v) is 13.2. The van der Waals surface area contributed by atoms with Crippen molar-refractivity contribution in [3.8, 4) is 11.5 Å². The van der Waals surface area contributed by atoms with Crippen molar-refractivity contribution < 1.29 is 19.0 Å². The van der Waals surface area contributed by atoms with Crippen LogP contribution in [0.1, 0.15) is 72.4 Å². The molecule has 0 aliphatic rings. The zero-order valence-electron chi connectivity index (χ0n) is 24.4. The molecule has 0 radical (unpaired) electrons. The molecule has 3 rings (SSSR count). The molecule has 2 N–H and O–H groups in total. The molecule has 0 saturated carbocycles. The SMILES string of the molecule is C=C/C=C\C(=C/C)C(c1c(O)c(=C/C)/c(=C\C=C)oc1=O)c1c(O)c2ccccc2oc1=O.CC.CC.CC. The average Bonchev–Trinajstić information content (AvgIpc) is 2.96. The molecule has 0 fully saturated rings. The zero-order chi connectivity index (χ0) is 30.1. The van der Waals surface area contributed by atoms with Gasteiger partial charge in [0.05, 0.1) is 27.6 Å². The van der Waals surface area contributed by atoms with Gasteiger partial charge in [0.1, 0.15) is 22.5 Å². The van der Waals surface area contributed by atoms with Gasteiger partial charge in [0.2, 0.25) is 0 Å². The molecule has 3 aromatic rings. The van der Waals surface area contributed by atoms with Crippen molar-refractivity contribution in [1.29, 1.82) is 0 Å². The lowest BCUT2D eigenvalue weighted by Crippen LogP contribution is -2.33. The van der Waals surface area contributed by atoms with Crippen molar-refractivity contribution >= 4 is 23.1 Å². The van der Waals surface area contributed by atoms with E-state index in [1.807, 2.05) is 41.5 Å². The predicted molar refractivity (Wildman–Crippen MR) is 164 cm³/mol. The normalized spacial score (nSPS) is 12.5. The summed E-state index contributed by atoms with van der Waals surface area (Å²) in [6, 6.07) is 6.51. The summed E-state index contributed by atoms with van der Waals surface area (Å²) in [6.07, 6.45) is 10.9. The van der Waals surface area contributed by atoms with Gasteiger partial charge in [0.15, 0.2) is 0 Å². The van der Waals surface area contributed by atoms with Gasteiger partial charge in [-0.3, -0.25) is 0 Å². The molecule has 1 aromatic carbocycles. The highest BCUT2D eigenvalue weighted by atomic mass is 16.4. The van der Waals surface area contributed by atoms with E-state index < -0.39 is 17.2 Å². The molecular weight excluding hydrogens is 492 g/mol. The highest BCUT2D eigenvalue weighted by Crippen LogP contribution is 2.39. The summed E-state index contributed by atoms with van der Waals surface area (Å²) >= 11 is 0. The van der Waals surface area contributed by atoms with Crippen LogP contribution in [0, 0.1) is 0 Å². The Hall–Kier alpha value is -4.32. The molecule has 2 heterocycles. The van der Waals surface area contributed by atoms with Gasteiger partial charge in [-0.25, -0.2) is 9.59 Å². The van der Waals surface area contributed by atoms with E-state index in [1.54, 1.807) is 62.4 Å². The van der Waals surface area contributed by atoms with Crippen LogP contribution >= 0.6 is 0 Å². The number of hydrogen-bond acceptors (Lipinski definition) is 6. The Labute approximate surface area is 231 Å². The number of benzene rings is 1. The van der Waals surface area contributed by atoms with Gasteiger partial charge in [-0.1, -0.05) is 103 Å². The molecular formula is C33H42O6. The molecule has 0 saturated heterocycles. The smallest absolute Gasteiger partial charge is 0.344 e. The standard InChI is InChI=1S/C27H24O6.3C2H6/c1-5-9-13-16(7-3)21(22-24(28)17(8-4)19(12-6-2)32-26(22)30)23-25(29)18-14-10-11-15-20(18)33-27(23)31;3*1-2/h5-15,21,28-29H,1-2H2,3-4H3;3*1-2H3/b13-9-,16-7+,17-8+,19-12+;;;. The summed E-state index contributed by atoms with van der Waals surface area (Å²) < 4.78 is 10.9. The van der Waals surface area contributed by atoms with E-state index in [0.29, 0.717) is 11.0 Å². The molecule has 39 heavy (non-hydrogen) atoms. The maximum atomic E-state index is 13.1. The Bertz CT molecular complexity index is 1530. The molecule has 0 aliphatic carbocycles. The number of allylic oxidation sites excluding steroid dienone is 6. The number of fused-ring (bicyclic) bond motifs is 1. The van der Waals surface area contributed by atoms with Crippen LogP contribution in [0.5, 0.6) is 11.5 Å². The monoisotopic (exact) mass is 534 g/mol. The number of para-hydroxylation sites is 1. The van der Waals surface area contributed by atoms with Crippen LogP contribution in [0.25, 0.3) is 23.1 Å². The highest BCUT2D eigenvalue weighted by Gasteiger charge is 2.32. The molecule has 6 heteroatoms. The third kappa shape index (κ3) is 7.84. The lowest BCUT2D eigenvalue weighted by molar-refractivity contribution is 0.408. The van der Waals surface area contributed by atoms with Crippen LogP contribution in [0.15, 0.2) is 91.8 Å². The first kappa shape index (κ1) is 34.7. The Morgan fingerprint density at radius 3 is 1.95 bits per heavy atom. The van der Waals surface area contributed by atoms with Gasteiger partial charge < -0.3 is 19.0 Å². The zero-order valence-corrected chi connectivity index (χ0v) is 24.4. The highest BCUT2D eigenvalue weighted by molar-refractivity contribution is 5.84. The van der Waals surface area contributed by atoms with Crippen LogP contribution in [-0.4, -0.2) is 10.2 Å². The molecule has 1 unspecified atom stereocenters. The van der Waals surface area contributed by atoms with Crippen LogP contribution in [-0.2, 0) is 0 Å². The minimum atomic E-state index is -1.18. The van der Waals surface area contributed by atoms with Crippen molar-refractivity contribution in [3.63, 3.8) is 0 Å². The van der Waals surface area contributed by atoms with Crippen molar-refractivity contribution in [2.24, 2.45) is 0 Å². The number of aromatic hydroxyl groups is 2. The third-order valence-electron chi connectivity index (χ3n) is 5.24. The van der Waals surface area contributed by atoms with Crippen molar-refractivity contribution in [3.05, 3.63) is 116 Å². The summed E-state index contributed by atoms with van der Waals surface area (Å²) in [5.41, 5.74) is -1.35. The van der Waals surface area contributed by atoms with Gasteiger partial charge in [0.25, 0.3) is 0 Å². The summed E-state index contributed by atoms with van der Waals surface area (Å²) in [4.78, 5) is 26.2. The molecule has 0 spiro atoms. The summed E-state index contributed by atoms with van der Waals surface area (Å²) in [7, 11) is 0. The Morgan fingerprint density at radius 1 is 0.846 bits per heavy atom. The second-order valence-corrected chi connectivity index (χ2v) is 7.09. The number of rotatable bonds is 6. The van der Waals surface area contributed by atoms with Crippen LogP contribution < -0.4 is 21.9 Å². The minimum Gasteiger partial charge on any atom is -0.507 e. The minimum absolute atomic E-state index is 0.121. The molecule has 6 nitrogen and oxygen atoms in total. The Kier molecular flexibility index (Phi) is 16.0. The van der Waals surface area contributed by atoms with Crippen LogP contribution in [0.2, 0.25) is 0 Å². The molecule has 210 valence electrons. The largest absolute Gasteiger partial charge is 0.507 e. The fourth-order valence-electron chi connectivity index (χ4n) is 3.75. The lowest BCUT2D eigenvalue weighted by atomic mass is 9.84. The van der Waals surface area contributed by atoms with E-state index in [-0.39, 0.29) is 38.8 Å². The van der Waals surface area contributed by atoms with Crippen LogP contribution in [0.3, 0.4) is 0 Å². The van der Waals surface area contributed by atoms with E-state index in [2.05, 4.69) is 13.2 Å². The maximum Gasteiger partial charge on any atom is 0.344 e. The first-order valence-electron chi connectivity index (χ1n) is 13.2. The topological polar surface area (TPSA) is 101 Å². The maximum absolute atomic E-state index is 13.1. The Balaban J connectivity index is 0.00000225. The van der Waals surface area contributed by atoms with Gasteiger partial charge >= 0.3 is 11.3 Å². The van der Waals surface area contributed by atoms with Crippen molar-refractivity contribution in [2.45, 2.75) is 61.3 Å². The first-order chi connectivity index (χ1) is 18.9. The summed E-state index contributed by atoms with van der Waals surface area (Å²) in [5, 5.41) is 22.8. The third-order valence-corrected chi connectivity index (χ3v) is 5.24. The molecule has 0 bridgehead atoms. The van der Waals surface area contributed by atoms with Crippen LogP contribution in [0.4, 0.5) is 0 Å². The van der Waals surface area contributed by atoms with E-state index in [9.17, 15) is 19.8 Å². The van der Waals surface area contributed by atoms with E-state index >= 15 is 0 Å². The van der Waals surface area contributed by atoms with E-state index in [1.165, 1.54) is 18.2 Å². The number of hydrogen-bond donors (Lipinski definition) is 2. The van der Waals surface area contributed by atoms with E-state index in [4.69, 9.17) is 8.83 Å². The molecule has 0 amide bonds. The van der Waals surface area contributed by atoms with Gasteiger partial charge in [0, 0.05) is 0 Å².